The molecule has 0 bridgehead atoms. The third-order valence-corrected chi connectivity index (χ3v) is 4.02. The number of rotatable bonds is 5. The lowest BCUT2D eigenvalue weighted by Crippen LogP contribution is -2.50. The molecule has 0 aliphatic heterocycles. The van der Waals surface area contributed by atoms with Crippen LogP contribution in [0.4, 0.5) is 4.79 Å². The molecule has 1 fully saturated rings. The lowest BCUT2D eigenvalue weighted by Gasteiger charge is -2.27. The molecule has 0 spiro atoms. The molecular weight excluding hydrogens is 248 g/mol. The fraction of sp³-hybridized carbons (Fsp3) is 0.588. The van der Waals surface area contributed by atoms with Crippen LogP contribution in [0.15, 0.2) is 30.3 Å². The Kier molecular flexibility index (Phi) is 5.05. The van der Waals surface area contributed by atoms with E-state index in [0.29, 0.717) is 6.04 Å². The summed E-state index contributed by atoms with van der Waals surface area (Å²) in [5.74, 6) is 0. The van der Waals surface area contributed by atoms with Crippen molar-refractivity contribution in [1.82, 2.24) is 10.6 Å². The van der Waals surface area contributed by atoms with E-state index in [4.69, 9.17) is 0 Å². The molecule has 2 rings (SSSR count). The molecule has 0 radical (unpaired) electrons. The van der Waals surface area contributed by atoms with Gasteiger partial charge in [-0.15, -0.1) is 0 Å². The zero-order chi connectivity index (χ0) is 14.4. The Bertz CT molecular complexity index is 422. The second kappa shape index (κ2) is 6.78. The maximum absolute atomic E-state index is 12.0. The van der Waals surface area contributed by atoms with E-state index in [-0.39, 0.29) is 11.6 Å². The summed E-state index contributed by atoms with van der Waals surface area (Å²) in [7, 11) is 0. The van der Waals surface area contributed by atoms with E-state index in [1.165, 1.54) is 18.4 Å². The zero-order valence-electron chi connectivity index (χ0n) is 12.6. The van der Waals surface area contributed by atoms with Crippen LogP contribution in [0.2, 0.25) is 0 Å². The number of hydrogen-bond acceptors (Lipinski definition) is 1. The van der Waals surface area contributed by atoms with Crippen molar-refractivity contribution in [2.75, 3.05) is 0 Å². The molecule has 110 valence electrons. The first-order chi connectivity index (χ1) is 9.55. The van der Waals surface area contributed by atoms with Crippen LogP contribution in [0.5, 0.6) is 0 Å². The average molecular weight is 274 g/mol. The smallest absolute Gasteiger partial charge is 0.315 e. The summed E-state index contributed by atoms with van der Waals surface area (Å²) in [6.07, 6.45) is 6.65. The van der Waals surface area contributed by atoms with E-state index in [1.807, 2.05) is 6.07 Å². The number of urea groups is 1. The van der Waals surface area contributed by atoms with E-state index >= 15 is 0 Å². The molecule has 1 aliphatic carbocycles. The Balaban J connectivity index is 1.76. The molecule has 1 saturated carbocycles. The minimum absolute atomic E-state index is 0.0186. The van der Waals surface area contributed by atoms with Crippen molar-refractivity contribution in [3.63, 3.8) is 0 Å². The maximum atomic E-state index is 12.0. The van der Waals surface area contributed by atoms with Gasteiger partial charge in [-0.1, -0.05) is 43.2 Å². The van der Waals surface area contributed by atoms with Crippen LogP contribution in [0, 0.1) is 0 Å². The maximum Gasteiger partial charge on any atom is 0.315 e. The Morgan fingerprint density at radius 1 is 1.20 bits per heavy atom. The van der Waals surface area contributed by atoms with Crippen molar-refractivity contribution in [2.24, 2.45) is 0 Å². The van der Waals surface area contributed by atoms with Crippen molar-refractivity contribution >= 4 is 6.03 Å². The lowest BCUT2D eigenvalue weighted by molar-refractivity contribution is 0.224. The van der Waals surface area contributed by atoms with Gasteiger partial charge in [0.2, 0.25) is 0 Å². The highest BCUT2D eigenvalue weighted by molar-refractivity contribution is 5.75. The van der Waals surface area contributed by atoms with Crippen molar-refractivity contribution < 1.29 is 4.79 Å². The summed E-state index contributed by atoms with van der Waals surface area (Å²) < 4.78 is 0. The average Bonchev–Trinajstić information content (AvgIpc) is 2.90. The molecule has 20 heavy (non-hydrogen) atoms. The van der Waals surface area contributed by atoms with Crippen LogP contribution in [0.25, 0.3) is 0 Å². The van der Waals surface area contributed by atoms with Crippen LogP contribution < -0.4 is 10.6 Å². The first kappa shape index (κ1) is 14.9. The highest BCUT2D eigenvalue weighted by Gasteiger charge is 2.23. The molecule has 1 aliphatic rings. The van der Waals surface area contributed by atoms with Crippen molar-refractivity contribution in [3.8, 4) is 0 Å². The fourth-order valence-electron chi connectivity index (χ4n) is 2.76. The Labute approximate surface area is 122 Å². The van der Waals surface area contributed by atoms with Crippen molar-refractivity contribution in [1.29, 1.82) is 0 Å². The molecular formula is C17H26N2O. The molecule has 3 heteroatoms. The summed E-state index contributed by atoms with van der Waals surface area (Å²) in [6.45, 7) is 4.17. The van der Waals surface area contributed by atoms with Crippen LogP contribution in [-0.2, 0) is 6.42 Å². The topological polar surface area (TPSA) is 41.1 Å². The highest BCUT2D eigenvalue weighted by atomic mass is 16.2. The summed E-state index contributed by atoms with van der Waals surface area (Å²) in [4.78, 5) is 12.0. The van der Waals surface area contributed by atoms with Gasteiger partial charge in [0.15, 0.2) is 0 Å². The minimum Gasteiger partial charge on any atom is -0.335 e. The third-order valence-electron chi connectivity index (χ3n) is 4.02. The molecule has 3 nitrogen and oxygen atoms in total. The number of nitrogens with one attached hydrogen (secondary N) is 2. The predicted octanol–water partition coefficient (Wildman–Crippen LogP) is 3.64. The van der Waals surface area contributed by atoms with Gasteiger partial charge in [0.25, 0.3) is 0 Å². The van der Waals surface area contributed by atoms with Crippen LogP contribution >= 0.6 is 0 Å². The Hall–Kier alpha value is -1.51. The molecule has 2 amide bonds. The van der Waals surface area contributed by atoms with Gasteiger partial charge in [0, 0.05) is 11.6 Å². The second-order valence-corrected chi connectivity index (χ2v) is 6.45. The van der Waals surface area contributed by atoms with Gasteiger partial charge in [-0.2, -0.15) is 0 Å². The first-order valence-electron chi connectivity index (χ1n) is 7.68. The Morgan fingerprint density at radius 3 is 2.50 bits per heavy atom. The normalized spacial score (nSPS) is 16.1. The fourth-order valence-corrected chi connectivity index (χ4v) is 2.76. The quantitative estimate of drug-likeness (QED) is 0.845. The van der Waals surface area contributed by atoms with Gasteiger partial charge in [-0.3, -0.25) is 0 Å². The van der Waals surface area contributed by atoms with E-state index in [2.05, 4.69) is 48.7 Å². The number of amides is 2. The summed E-state index contributed by atoms with van der Waals surface area (Å²) >= 11 is 0. The molecule has 1 aromatic rings. The molecule has 0 saturated heterocycles. The zero-order valence-corrected chi connectivity index (χ0v) is 12.6. The van der Waals surface area contributed by atoms with E-state index in [1.54, 1.807) is 0 Å². The third kappa shape index (κ3) is 4.87. The number of carbonyl (C=O) groups is 1. The lowest BCUT2D eigenvalue weighted by atomic mass is 9.95. The largest absolute Gasteiger partial charge is 0.335 e. The Morgan fingerprint density at radius 2 is 1.85 bits per heavy atom. The molecule has 2 N–H and O–H groups in total. The van der Waals surface area contributed by atoms with Crippen molar-refractivity contribution in [3.05, 3.63) is 35.9 Å². The standard InChI is InChI=1S/C17H26N2O/c1-17(2,13-12-14-8-4-3-5-9-14)19-16(20)18-15-10-6-7-11-15/h3-5,8-9,15H,6-7,10-13H2,1-2H3,(H2,18,19,20). The second-order valence-electron chi connectivity index (χ2n) is 6.45. The number of aryl methyl sites for hydroxylation is 1. The molecule has 0 unspecified atom stereocenters. The molecule has 0 atom stereocenters. The summed E-state index contributed by atoms with van der Waals surface area (Å²) in [6, 6.07) is 10.8. The van der Waals surface area contributed by atoms with Crippen LogP contribution in [-0.4, -0.2) is 17.6 Å². The highest BCUT2D eigenvalue weighted by Crippen LogP contribution is 2.18. The SMILES string of the molecule is CC(C)(CCc1ccccc1)NC(=O)NC1CCCC1. The van der Waals surface area contributed by atoms with E-state index < -0.39 is 0 Å². The molecule has 0 heterocycles. The van der Waals surface area contributed by atoms with Gasteiger partial charge in [-0.05, 0) is 45.1 Å². The van der Waals surface area contributed by atoms with E-state index in [9.17, 15) is 4.79 Å². The minimum atomic E-state index is -0.182. The number of benzene rings is 1. The van der Waals surface area contributed by atoms with Crippen LogP contribution in [0.1, 0.15) is 51.5 Å². The molecule has 0 aromatic heterocycles. The molecule has 1 aromatic carbocycles. The number of hydrogen-bond donors (Lipinski definition) is 2. The predicted molar refractivity (Wildman–Crippen MR) is 82.8 cm³/mol. The summed E-state index contributed by atoms with van der Waals surface area (Å²) in [5, 5.41) is 6.19. The van der Waals surface area contributed by atoms with E-state index in [0.717, 1.165) is 25.7 Å². The van der Waals surface area contributed by atoms with Gasteiger partial charge in [0.1, 0.15) is 0 Å². The van der Waals surface area contributed by atoms with Gasteiger partial charge in [0.05, 0.1) is 0 Å². The van der Waals surface area contributed by atoms with Crippen LogP contribution in [0.3, 0.4) is 0 Å². The number of carbonyl (C=O) groups excluding carboxylic acids is 1. The monoisotopic (exact) mass is 274 g/mol. The van der Waals surface area contributed by atoms with Gasteiger partial charge in [-0.25, -0.2) is 4.79 Å². The first-order valence-corrected chi connectivity index (χ1v) is 7.68. The van der Waals surface area contributed by atoms with Gasteiger partial charge >= 0.3 is 6.03 Å². The van der Waals surface area contributed by atoms with Gasteiger partial charge < -0.3 is 10.6 Å². The van der Waals surface area contributed by atoms with Crippen molar-refractivity contribution in [2.45, 2.75) is 64.0 Å². The summed E-state index contributed by atoms with van der Waals surface area (Å²) in [5.41, 5.74) is 1.14.